The van der Waals surface area contributed by atoms with E-state index < -0.39 is 38.1 Å². The molecule has 2 aromatic rings. The number of anilines is 1. The van der Waals surface area contributed by atoms with Gasteiger partial charge < -0.3 is 9.80 Å². The SMILES string of the molecule is CN1CCN(c2nc(-c3cccc(C4(F)C=CC(F)=CC4S(N)(=O)=O)c3F)cs2)CC1. The number of likely N-dealkylation sites (N-methyl/N-ethyl adjacent to an activating group) is 1. The van der Waals surface area contributed by atoms with Crippen molar-refractivity contribution in [2.45, 2.75) is 10.9 Å². The molecule has 2 atom stereocenters. The number of rotatable bonds is 4. The van der Waals surface area contributed by atoms with Gasteiger partial charge in [0.2, 0.25) is 10.0 Å². The Labute approximate surface area is 182 Å². The highest BCUT2D eigenvalue weighted by atomic mass is 32.2. The summed E-state index contributed by atoms with van der Waals surface area (Å²) in [4.78, 5) is 8.81. The quantitative estimate of drug-likeness (QED) is 0.743. The van der Waals surface area contributed by atoms with Crippen LogP contribution >= 0.6 is 11.3 Å². The molecule has 2 N–H and O–H groups in total. The Morgan fingerprint density at radius 2 is 1.94 bits per heavy atom. The summed E-state index contributed by atoms with van der Waals surface area (Å²) in [5.41, 5.74) is -3.06. The van der Waals surface area contributed by atoms with Crippen molar-refractivity contribution in [3.8, 4) is 11.3 Å². The van der Waals surface area contributed by atoms with Crippen molar-refractivity contribution in [1.82, 2.24) is 9.88 Å². The molecule has 1 saturated heterocycles. The zero-order valence-corrected chi connectivity index (χ0v) is 18.3. The molecule has 0 bridgehead atoms. The molecule has 0 radical (unpaired) electrons. The fourth-order valence-electron chi connectivity index (χ4n) is 3.75. The van der Waals surface area contributed by atoms with Crippen molar-refractivity contribution < 1.29 is 21.6 Å². The van der Waals surface area contributed by atoms with E-state index in [-0.39, 0.29) is 5.56 Å². The summed E-state index contributed by atoms with van der Waals surface area (Å²) < 4.78 is 68.9. The molecule has 0 amide bonds. The van der Waals surface area contributed by atoms with Gasteiger partial charge in [0.1, 0.15) is 16.9 Å². The average Bonchev–Trinajstić information content (AvgIpc) is 3.20. The Balaban J connectivity index is 1.72. The van der Waals surface area contributed by atoms with Gasteiger partial charge in [-0.15, -0.1) is 11.3 Å². The molecular formula is C20H21F3N4O2S2. The molecule has 2 heterocycles. The van der Waals surface area contributed by atoms with Crippen molar-refractivity contribution in [2.75, 3.05) is 38.1 Å². The number of primary sulfonamides is 1. The number of aromatic nitrogens is 1. The fraction of sp³-hybridized carbons (Fsp3) is 0.350. The van der Waals surface area contributed by atoms with E-state index in [2.05, 4.69) is 14.8 Å². The number of allylic oxidation sites excluding steroid dienone is 3. The number of alkyl halides is 1. The van der Waals surface area contributed by atoms with E-state index in [4.69, 9.17) is 5.14 Å². The number of nitrogens with zero attached hydrogens (tertiary/aromatic N) is 3. The van der Waals surface area contributed by atoms with Crippen LogP contribution in [0.2, 0.25) is 0 Å². The minimum absolute atomic E-state index is 0.0303. The molecule has 2 aliphatic rings. The van der Waals surface area contributed by atoms with Gasteiger partial charge in [0.05, 0.1) is 5.69 Å². The van der Waals surface area contributed by atoms with Crippen LogP contribution in [0.1, 0.15) is 5.56 Å². The van der Waals surface area contributed by atoms with Crippen molar-refractivity contribution in [1.29, 1.82) is 0 Å². The molecule has 1 aliphatic heterocycles. The first-order chi connectivity index (χ1) is 14.6. The largest absolute Gasteiger partial charge is 0.346 e. The molecule has 2 unspecified atom stereocenters. The highest BCUT2D eigenvalue weighted by molar-refractivity contribution is 7.90. The molecular weight excluding hydrogens is 449 g/mol. The lowest BCUT2D eigenvalue weighted by atomic mass is 9.86. The lowest BCUT2D eigenvalue weighted by Crippen LogP contribution is -2.44. The summed E-state index contributed by atoms with van der Waals surface area (Å²) in [6.07, 6.45) is 2.01. The van der Waals surface area contributed by atoms with E-state index in [1.54, 1.807) is 5.38 Å². The molecule has 31 heavy (non-hydrogen) atoms. The Kier molecular flexibility index (Phi) is 5.71. The van der Waals surface area contributed by atoms with Gasteiger partial charge in [-0.2, -0.15) is 0 Å². The molecule has 6 nitrogen and oxygen atoms in total. The summed E-state index contributed by atoms with van der Waals surface area (Å²) in [7, 11) is -2.52. The topological polar surface area (TPSA) is 79.5 Å². The standard InChI is InChI=1S/C20H21F3N4O2S2/c1-26-7-9-27(10-8-26)19-25-16(12-30-19)14-3-2-4-15(18(14)22)20(23)6-5-13(21)11-17(20)31(24,28)29/h2-6,11-12,17H,7-10H2,1H3,(H2,24,28,29). The van der Waals surface area contributed by atoms with Crippen molar-refractivity contribution in [3.63, 3.8) is 0 Å². The lowest BCUT2D eigenvalue weighted by Gasteiger charge is -2.32. The molecule has 1 fully saturated rings. The van der Waals surface area contributed by atoms with Crippen molar-refractivity contribution in [2.24, 2.45) is 5.14 Å². The number of thiazole rings is 1. The molecule has 4 rings (SSSR count). The monoisotopic (exact) mass is 470 g/mol. The van der Waals surface area contributed by atoms with E-state index in [9.17, 15) is 12.8 Å². The van der Waals surface area contributed by atoms with Gasteiger partial charge in [-0.1, -0.05) is 12.1 Å². The fourth-order valence-corrected chi connectivity index (χ4v) is 5.63. The number of sulfonamides is 1. The normalized spacial score (nSPS) is 25.0. The van der Waals surface area contributed by atoms with E-state index in [0.717, 1.165) is 43.5 Å². The van der Waals surface area contributed by atoms with Crippen LogP contribution in [0.4, 0.5) is 18.3 Å². The third kappa shape index (κ3) is 4.14. The van der Waals surface area contributed by atoms with Gasteiger partial charge in [0, 0.05) is 42.7 Å². The number of halogens is 3. The third-order valence-electron chi connectivity index (χ3n) is 5.52. The lowest BCUT2D eigenvalue weighted by molar-refractivity contribution is 0.227. The maximum atomic E-state index is 15.9. The summed E-state index contributed by atoms with van der Waals surface area (Å²) in [5, 5.41) is 5.44. The smallest absolute Gasteiger partial charge is 0.219 e. The minimum Gasteiger partial charge on any atom is -0.346 e. The zero-order chi connectivity index (χ0) is 22.4. The molecule has 11 heteroatoms. The van der Waals surface area contributed by atoms with Gasteiger partial charge in [0.15, 0.2) is 10.8 Å². The Hall–Kier alpha value is -2.21. The average molecular weight is 471 g/mol. The zero-order valence-electron chi connectivity index (χ0n) is 16.6. The number of benzene rings is 1. The predicted octanol–water partition coefficient (Wildman–Crippen LogP) is 2.95. The van der Waals surface area contributed by atoms with Gasteiger partial charge >= 0.3 is 0 Å². The van der Waals surface area contributed by atoms with Gasteiger partial charge in [-0.25, -0.2) is 31.7 Å². The first-order valence-electron chi connectivity index (χ1n) is 9.55. The second kappa shape index (κ2) is 8.05. The van der Waals surface area contributed by atoms with Crippen LogP contribution in [0.5, 0.6) is 0 Å². The van der Waals surface area contributed by atoms with Crippen LogP contribution in [0, 0.1) is 5.82 Å². The number of piperazine rings is 1. The minimum atomic E-state index is -4.56. The van der Waals surface area contributed by atoms with E-state index in [1.807, 2.05) is 7.05 Å². The van der Waals surface area contributed by atoms with Crippen LogP contribution in [0.25, 0.3) is 11.3 Å². The van der Waals surface area contributed by atoms with E-state index in [1.165, 1.54) is 23.5 Å². The summed E-state index contributed by atoms with van der Waals surface area (Å²) in [6.45, 7) is 3.35. The van der Waals surface area contributed by atoms with Crippen LogP contribution in [-0.2, 0) is 15.7 Å². The number of hydrogen-bond donors (Lipinski definition) is 1. The Morgan fingerprint density at radius 3 is 2.61 bits per heavy atom. The van der Waals surface area contributed by atoms with Gasteiger partial charge in [0.25, 0.3) is 0 Å². The van der Waals surface area contributed by atoms with Crippen LogP contribution in [-0.4, -0.2) is 56.8 Å². The summed E-state index contributed by atoms with van der Waals surface area (Å²) in [6, 6.07) is 3.98. The maximum absolute atomic E-state index is 15.9. The molecule has 0 saturated carbocycles. The number of hydrogen-bond acceptors (Lipinski definition) is 6. The van der Waals surface area contributed by atoms with E-state index >= 15 is 8.78 Å². The summed E-state index contributed by atoms with van der Waals surface area (Å²) >= 11 is 1.35. The van der Waals surface area contributed by atoms with Crippen LogP contribution in [0.3, 0.4) is 0 Å². The van der Waals surface area contributed by atoms with Crippen molar-refractivity contribution in [3.05, 3.63) is 59.0 Å². The first-order valence-corrected chi connectivity index (χ1v) is 12.0. The van der Waals surface area contributed by atoms with Gasteiger partial charge in [-0.05, 0) is 31.3 Å². The van der Waals surface area contributed by atoms with Crippen molar-refractivity contribution >= 4 is 26.5 Å². The Bertz CT molecular complexity index is 1160. The first kappa shape index (κ1) is 22.0. The highest BCUT2D eigenvalue weighted by Crippen LogP contribution is 2.42. The summed E-state index contributed by atoms with van der Waals surface area (Å²) in [5.74, 6) is -1.92. The maximum Gasteiger partial charge on any atom is 0.219 e. The number of nitrogens with two attached hydrogens (primary N) is 1. The predicted molar refractivity (Wildman–Crippen MR) is 115 cm³/mol. The molecule has 1 aliphatic carbocycles. The second-order valence-electron chi connectivity index (χ2n) is 7.64. The van der Waals surface area contributed by atoms with Crippen LogP contribution < -0.4 is 10.0 Å². The molecule has 1 aromatic carbocycles. The van der Waals surface area contributed by atoms with E-state index in [0.29, 0.717) is 17.8 Å². The second-order valence-corrected chi connectivity index (χ2v) is 10.2. The molecule has 166 valence electrons. The third-order valence-corrected chi connectivity index (χ3v) is 7.61. The molecule has 1 aromatic heterocycles. The van der Waals surface area contributed by atoms with Gasteiger partial charge in [-0.3, -0.25) is 0 Å². The highest BCUT2D eigenvalue weighted by Gasteiger charge is 2.48. The molecule has 0 spiro atoms. The Morgan fingerprint density at radius 1 is 1.23 bits per heavy atom. The van der Waals surface area contributed by atoms with Crippen LogP contribution in [0.15, 0.2) is 47.6 Å².